The van der Waals surface area contributed by atoms with Crippen molar-refractivity contribution in [3.05, 3.63) is 53.9 Å². The number of hydrogen-bond donors (Lipinski definition) is 1. The van der Waals surface area contributed by atoms with Gasteiger partial charge in [0, 0.05) is 64.5 Å². The summed E-state index contributed by atoms with van der Waals surface area (Å²) in [6.07, 6.45) is 5.33. The molecule has 0 unspecified atom stereocenters. The fourth-order valence-corrected chi connectivity index (χ4v) is 3.15. The van der Waals surface area contributed by atoms with Crippen molar-refractivity contribution in [1.29, 1.82) is 0 Å². The topological polar surface area (TPSA) is 50.5 Å². The smallest absolute Gasteiger partial charge is 0.0818 e. The van der Waals surface area contributed by atoms with Crippen molar-refractivity contribution >= 4 is 0 Å². The van der Waals surface area contributed by atoms with Gasteiger partial charge in [-0.1, -0.05) is 30.3 Å². The molecule has 2 aromatic rings. The molecule has 0 amide bonds. The number of aromatic nitrogens is 2. The summed E-state index contributed by atoms with van der Waals surface area (Å²) in [6.45, 7) is 3.54. The van der Waals surface area contributed by atoms with Crippen LogP contribution in [0.15, 0.2) is 42.7 Å². The molecule has 3 rings (SSSR count). The lowest BCUT2D eigenvalue weighted by Crippen LogP contribution is -2.46. The van der Waals surface area contributed by atoms with E-state index in [4.69, 9.17) is 4.74 Å². The van der Waals surface area contributed by atoms with Crippen LogP contribution < -0.4 is 0 Å². The third-order valence-corrected chi connectivity index (χ3v) is 4.35. The Balaban J connectivity index is 1.72. The largest absolute Gasteiger partial charge is 0.388 e. The summed E-state index contributed by atoms with van der Waals surface area (Å²) in [4.78, 5) is 2.30. The molecule has 1 aromatic carbocycles. The second-order valence-corrected chi connectivity index (χ2v) is 6.49. The van der Waals surface area contributed by atoms with Crippen LogP contribution in [0.5, 0.6) is 0 Å². The maximum Gasteiger partial charge on any atom is 0.0818 e. The van der Waals surface area contributed by atoms with Gasteiger partial charge < -0.3 is 9.84 Å². The van der Waals surface area contributed by atoms with Gasteiger partial charge in [0.2, 0.25) is 0 Å². The van der Waals surface area contributed by atoms with Gasteiger partial charge in [-0.2, -0.15) is 5.10 Å². The molecule has 5 nitrogen and oxygen atoms in total. The number of ether oxygens (including phenoxy) is 1. The summed E-state index contributed by atoms with van der Waals surface area (Å²) in [5, 5.41) is 15.1. The lowest BCUT2D eigenvalue weighted by Gasteiger charge is -2.37. The van der Waals surface area contributed by atoms with Gasteiger partial charge in [0.15, 0.2) is 0 Å². The molecule has 0 atom stereocenters. The van der Waals surface area contributed by atoms with Gasteiger partial charge in [-0.25, -0.2) is 0 Å². The quantitative estimate of drug-likeness (QED) is 0.885. The fourth-order valence-electron chi connectivity index (χ4n) is 3.15. The van der Waals surface area contributed by atoms with E-state index in [1.165, 1.54) is 11.1 Å². The van der Waals surface area contributed by atoms with Crippen LogP contribution in [0.2, 0.25) is 0 Å². The first-order valence-corrected chi connectivity index (χ1v) is 8.17. The van der Waals surface area contributed by atoms with Crippen molar-refractivity contribution in [1.82, 2.24) is 14.7 Å². The van der Waals surface area contributed by atoms with E-state index in [0.717, 1.165) is 13.1 Å². The van der Waals surface area contributed by atoms with Crippen LogP contribution in [-0.2, 0) is 24.9 Å². The third-order valence-electron chi connectivity index (χ3n) is 4.35. The molecule has 1 aromatic heterocycles. The Morgan fingerprint density at radius 3 is 2.52 bits per heavy atom. The van der Waals surface area contributed by atoms with Crippen molar-refractivity contribution < 1.29 is 9.84 Å². The van der Waals surface area contributed by atoms with Crippen molar-refractivity contribution in [3.8, 4) is 0 Å². The number of rotatable bonds is 6. The monoisotopic (exact) mass is 315 g/mol. The van der Waals surface area contributed by atoms with Crippen molar-refractivity contribution in [2.45, 2.75) is 31.5 Å². The molecule has 0 aliphatic carbocycles. The number of nitrogens with zero attached hydrogens (tertiary/aromatic N) is 3. The molecule has 2 heterocycles. The third kappa shape index (κ3) is 4.64. The van der Waals surface area contributed by atoms with Gasteiger partial charge in [0.1, 0.15) is 0 Å². The van der Waals surface area contributed by atoms with E-state index in [1.54, 1.807) is 0 Å². The molecule has 5 heteroatoms. The Morgan fingerprint density at radius 1 is 1.17 bits per heavy atom. The first kappa shape index (κ1) is 16.2. The summed E-state index contributed by atoms with van der Waals surface area (Å²) < 4.78 is 7.21. The molecule has 0 radical (unpaired) electrons. The lowest BCUT2D eigenvalue weighted by atomic mass is 9.93. The van der Waals surface area contributed by atoms with Gasteiger partial charge in [-0.3, -0.25) is 9.58 Å². The van der Waals surface area contributed by atoms with Crippen LogP contribution in [0.1, 0.15) is 24.0 Å². The Kier molecular flexibility index (Phi) is 5.10. The highest BCUT2D eigenvalue weighted by molar-refractivity contribution is 5.15. The zero-order valence-electron chi connectivity index (χ0n) is 13.7. The highest BCUT2D eigenvalue weighted by Gasteiger charge is 2.32. The minimum Gasteiger partial charge on any atom is -0.388 e. The SMILES string of the molecule is Cn1cc(CN(Cc2ccccc2)CC2(O)CCOCC2)cn1. The average Bonchev–Trinajstić information content (AvgIpc) is 2.93. The van der Waals surface area contributed by atoms with Gasteiger partial charge in [0.25, 0.3) is 0 Å². The summed E-state index contributed by atoms with van der Waals surface area (Å²) >= 11 is 0. The predicted molar refractivity (Wildman–Crippen MR) is 88.8 cm³/mol. The summed E-state index contributed by atoms with van der Waals surface area (Å²) in [7, 11) is 1.93. The van der Waals surface area contributed by atoms with Crippen LogP contribution in [0.4, 0.5) is 0 Å². The molecule has 1 fully saturated rings. The molecule has 1 saturated heterocycles. The van der Waals surface area contributed by atoms with E-state index >= 15 is 0 Å². The minimum absolute atomic E-state index is 0.641. The van der Waals surface area contributed by atoms with Crippen LogP contribution in [0, 0.1) is 0 Å². The maximum absolute atomic E-state index is 10.9. The zero-order valence-corrected chi connectivity index (χ0v) is 13.7. The molecule has 1 aliphatic heterocycles. The first-order valence-electron chi connectivity index (χ1n) is 8.17. The highest BCUT2D eigenvalue weighted by Crippen LogP contribution is 2.23. The van der Waals surface area contributed by atoms with Gasteiger partial charge in [0.05, 0.1) is 11.8 Å². The molecule has 23 heavy (non-hydrogen) atoms. The van der Waals surface area contributed by atoms with E-state index in [-0.39, 0.29) is 0 Å². The molecule has 0 saturated carbocycles. The summed E-state index contributed by atoms with van der Waals surface area (Å²) in [5.41, 5.74) is 1.76. The molecular weight excluding hydrogens is 290 g/mol. The van der Waals surface area contributed by atoms with Crippen molar-refractivity contribution in [2.24, 2.45) is 7.05 Å². The van der Waals surface area contributed by atoms with E-state index in [2.05, 4.69) is 34.3 Å². The number of hydrogen-bond acceptors (Lipinski definition) is 4. The summed E-state index contributed by atoms with van der Waals surface area (Å²) in [6, 6.07) is 10.4. The first-order chi connectivity index (χ1) is 11.1. The lowest BCUT2D eigenvalue weighted by molar-refractivity contribution is -0.0821. The standard InChI is InChI=1S/C18H25N3O2/c1-20-12-17(11-19-20)14-21(13-16-5-3-2-4-6-16)15-18(22)7-9-23-10-8-18/h2-6,11-12,22H,7-10,13-15H2,1H3. The summed E-state index contributed by atoms with van der Waals surface area (Å²) in [5.74, 6) is 0. The Labute approximate surface area is 137 Å². The second kappa shape index (κ2) is 7.25. The Morgan fingerprint density at radius 2 is 1.87 bits per heavy atom. The van der Waals surface area contributed by atoms with Crippen LogP contribution >= 0.6 is 0 Å². The van der Waals surface area contributed by atoms with Crippen LogP contribution in [0.3, 0.4) is 0 Å². The zero-order chi connectivity index (χ0) is 16.1. The highest BCUT2D eigenvalue weighted by atomic mass is 16.5. The van der Waals surface area contributed by atoms with E-state index < -0.39 is 5.60 Å². The number of aryl methyl sites for hydroxylation is 1. The average molecular weight is 315 g/mol. The van der Waals surface area contributed by atoms with Gasteiger partial charge in [-0.05, 0) is 5.56 Å². The number of aliphatic hydroxyl groups is 1. The number of benzene rings is 1. The fraction of sp³-hybridized carbons (Fsp3) is 0.500. The van der Waals surface area contributed by atoms with Gasteiger partial charge in [-0.15, -0.1) is 0 Å². The molecular formula is C18H25N3O2. The second-order valence-electron chi connectivity index (χ2n) is 6.49. The van der Waals surface area contributed by atoms with Crippen LogP contribution in [0.25, 0.3) is 0 Å². The van der Waals surface area contributed by atoms with Crippen molar-refractivity contribution in [3.63, 3.8) is 0 Å². The minimum atomic E-state index is -0.658. The van der Waals surface area contributed by atoms with Crippen LogP contribution in [-0.4, -0.2) is 45.1 Å². The van der Waals surface area contributed by atoms with Gasteiger partial charge >= 0.3 is 0 Å². The van der Waals surface area contributed by atoms with E-state index in [1.807, 2.05) is 30.2 Å². The molecule has 0 bridgehead atoms. The van der Waals surface area contributed by atoms with E-state index in [0.29, 0.717) is 32.6 Å². The normalized spacial score (nSPS) is 17.5. The van der Waals surface area contributed by atoms with E-state index in [9.17, 15) is 5.11 Å². The molecule has 1 aliphatic rings. The predicted octanol–water partition coefficient (Wildman–Crippen LogP) is 1.96. The molecule has 1 N–H and O–H groups in total. The van der Waals surface area contributed by atoms with Crippen molar-refractivity contribution in [2.75, 3.05) is 19.8 Å². The Hall–Kier alpha value is -1.69. The molecule has 0 spiro atoms. The molecule has 124 valence electrons. The Bertz CT molecular complexity index is 606. The maximum atomic E-state index is 10.9.